The van der Waals surface area contributed by atoms with Gasteiger partial charge in [0.25, 0.3) is 0 Å². The molecule has 3 heterocycles. The monoisotopic (exact) mass is 362 g/mol. The Morgan fingerprint density at radius 3 is 2.56 bits per heavy atom. The maximum Gasteiger partial charge on any atom is 0.227 e. The van der Waals surface area contributed by atoms with Crippen LogP contribution in [0.2, 0.25) is 0 Å². The summed E-state index contributed by atoms with van der Waals surface area (Å²) in [5, 5.41) is 11.8. The van der Waals surface area contributed by atoms with Crippen LogP contribution >= 0.6 is 0 Å². The van der Waals surface area contributed by atoms with Gasteiger partial charge in [0.15, 0.2) is 5.82 Å². The highest BCUT2D eigenvalue weighted by atomic mass is 16.1. The summed E-state index contributed by atoms with van der Waals surface area (Å²) < 4.78 is 2.08. The number of carbonyl (C=O) groups is 1. The van der Waals surface area contributed by atoms with E-state index in [1.807, 2.05) is 42.7 Å². The first kappa shape index (κ1) is 16.2. The van der Waals surface area contributed by atoms with E-state index in [1.165, 1.54) is 12.8 Å². The number of nitrogens with zero attached hydrogens (tertiary/aromatic N) is 5. The summed E-state index contributed by atoms with van der Waals surface area (Å²) in [6, 6.07) is 9.64. The third-order valence-corrected chi connectivity index (χ3v) is 5.48. The van der Waals surface area contributed by atoms with Crippen molar-refractivity contribution >= 4 is 23.1 Å². The molecule has 1 saturated carbocycles. The average Bonchev–Trinajstić information content (AvgIpc) is 3.47. The summed E-state index contributed by atoms with van der Waals surface area (Å²) in [5.74, 6) is 2.60. The van der Waals surface area contributed by atoms with Gasteiger partial charge in [0.2, 0.25) is 11.6 Å². The molecule has 2 aromatic heterocycles. The van der Waals surface area contributed by atoms with Crippen LogP contribution in [0.1, 0.15) is 37.4 Å². The Morgan fingerprint density at radius 1 is 1.04 bits per heavy atom. The summed E-state index contributed by atoms with van der Waals surface area (Å²) in [6.45, 7) is 1.59. The van der Waals surface area contributed by atoms with Crippen LogP contribution in [0, 0.1) is 5.92 Å². The molecule has 7 nitrogen and oxygen atoms in total. The van der Waals surface area contributed by atoms with Gasteiger partial charge in [-0.15, -0.1) is 10.2 Å². The van der Waals surface area contributed by atoms with Gasteiger partial charge in [0, 0.05) is 43.0 Å². The van der Waals surface area contributed by atoms with Gasteiger partial charge in [-0.25, -0.2) is 4.98 Å². The van der Waals surface area contributed by atoms with Crippen LogP contribution in [-0.4, -0.2) is 38.6 Å². The molecular weight excluding hydrogens is 340 g/mol. The number of carbonyl (C=O) groups excluding carboxylic acids is 1. The Hall–Kier alpha value is -2.96. The number of anilines is 2. The van der Waals surface area contributed by atoms with Crippen LogP contribution in [0.3, 0.4) is 0 Å². The number of piperidine rings is 1. The van der Waals surface area contributed by atoms with Crippen LogP contribution in [0.15, 0.2) is 42.7 Å². The molecule has 1 amide bonds. The van der Waals surface area contributed by atoms with Gasteiger partial charge >= 0.3 is 0 Å². The third kappa shape index (κ3) is 3.13. The maximum absolute atomic E-state index is 12.5. The van der Waals surface area contributed by atoms with E-state index in [1.54, 1.807) is 0 Å². The molecule has 5 rings (SSSR count). The number of rotatable bonds is 4. The molecule has 7 heteroatoms. The molecule has 1 aliphatic heterocycles. The average molecular weight is 362 g/mol. The first-order chi connectivity index (χ1) is 13.3. The van der Waals surface area contributed by atoms with E-state index in [9.17, 15) is 4.79 Å². The molecule has 2 fully saturated rings. The minimum Gasteiger partial charge on any atom is -0.353 e. The molecule has 0 atom stereocenters. The lowest BCUT2D eigenvalue weighted by atomic mass is 9.96. The molecule has 1 N–H and O–H groups in total. The molecule has 138 valence electrons. The molecule has 27 heavy (non-hydrogen) atoms. The Balaban J connectivity index is 1.28. The van der Waals surface area contributed by atoms with Gasteiger partial charge in [-0.3, -0.25) is 9.20 Å². The minimum atomic E-state index is 0.0288. The second kappa shape index (κ2) is 6.64. The van der Waals surface area contributed by atoms with Crippen molar-refractivity contribution in [2.75, 3.05) is 23.3 Å². The third-order valence-electron chi connectivity index (χ3n) is 5.48. The van der Waals surface area contributed by atoms with Crippen LogP contribution < -0.4 is 10.2 Å². The Bertz CT molecular complexity index is 957. The lowest BCUT2D eigenvalue weighted by Crippen LogP contribution is -2.38. The smallest absolute Gasteiger partial charge is 0.227 e. The van der Waals surface area contributed by atoms with Crippen molar-refractivity contribution in [3.63, 3.8) is 0 Å². The standard InChI is InChI=1S/C20H22N6O/c27-20(22-16-4-2-1-3-5-16)15-8-11-25(12-9-15)18-19-24-23-17(14-6-7-14)26(19)13-10-21-18/h1-5,10,13-15H,6-9,11-12H2,(H,22,27). The highest BCUT2D eigenvalue weighted by Crippen LogP contribution is 2.39. The highest BCUT2D eigenvalue weighted by Gasteiger charge is 2.31. The van der Waals surface area contributed by atoms with Crippen molar-refractivity contribution in [3.8, 4) is 0 Å². The fourth-order valence-electron chi connectivity index (χ4n) is 3.79. The van der Waals surface area contributed by atoms with Crippen LogP contribution in [0.4, 0.5) is 11.5 Å². The van der Waals surface area contributed by atoms with Crippen LogP contribution in [0.25, 0.3) is 5.65 Å². The normalized spacial score (nSPS) is 18.0. The zero-order valence-electron chi connectivity index (χ0n) is 15.1. The molecule has 1 aliphatic carbocycles. The topological polar surface area (TPSA) is 75.4 Å². The van der Waals surface area contributed by atoms with Crippen molar-refractivity contribution in [2.24, 2.45) is 5.92 Å². The lowest BCUT2D eigenvalue weighted by Gasteiger charge is -2.32. The number of hydrogen-bond acceptors (Lipinski definition) is 5. The summed E-state index contributed by atoms with van der Waals surface area (Å²) in [6.07, 6.45) is 7.79. The Morgan fingerprint density at radius 2 is 1.81 bits per heavy atom. The minimum absolute atomic E-state index is 0.0288. The summed E-state index contributed by atoms with van der Waals surface area (Å²) in [7, 11) is 0. The van der Waals surface area contributed by atoms with Crippen molar-refractivity contribution < 1.29 is 4.79 Å². The quantitative estimate of drug-likeness (QED) is 0.772. The fourth-order valence-corrected chi connectivity index (χ4v) is 3.79. The highest BCUT2D eigenvalue weighted by molar-refractivity contribution is 5.92. The molecular formula is C20H22N6O. The van der Waals surface area contributed by atoms with E-state index in [0.717, 1.165) is 48.9 Å². The van der Waals surface area contributed by atoms with Crippen molar-refractivity contribution in [3.05, 3.63) is 48.5 Å². The van der Waals surface area contributed by atoms with E-state index in [-0.39, 0.29) is 11.8 Å². The number of aromatic nitrogens is 4. The largest absolute Gasteiger partial charge is 0.353 e. The second-order valence-corrected chi connectivity index (χ2v) is 7.39. The number of benzene rings is 1. The molecule has 1 saturated heterocycles. The van der Waals surface area contributed by atoms with Gasteiger partial charge in [-0.05, 0) is 37.8 Å². The molecule has 2 aliphatic rings. The molecule has 0 spiro atoms. The lowest BCUT2D eigenvalue weighted by molar-refractivity contribution is -0.120. The first-order valence-electron chi connectivity index (χ1n) is 9.60. The summed E-state index contributed by atoms with van der Waals surface area (Å²) >= 11 is 0. The molecule has 0 bridgehead atoms. The predicted octanol–water partition coefficient (Wildman–Crippen LogP) is 2.86. The Labute approximate surface area is 157 Å². The molecule has 0 unspecified atom stereocenters. The van der Waals surface area contributed by atoms with Gasteiger partial charge in [-0.1, -0.05) is 18.2 Å². The second-order valence-electron chi connectivity index (χ2n) is 7.39. The zero-order chi connectivity index (χ0) is 18.2. The van der Waals surface area contributed by atoms with E-state index in [2.05, 4.69) is 29.8 Å². The van der Waals surface area contributed by atoms with Crippen LogP contribution in [0.5, 0.6) is 0 Å². The number of fused-ring (bicyclic) bond motifs is 1. The zero-order valence-corrected chi connectivity index (χ0v) is 15.1. The van der Waals surface area contributed by atoms with Gasteiger partial charge in [-0.2, -0.15) is 0 Å². The van der Waals surface area contributed by atoms with E-state index in [0.29, 0.717) is 5.92 Å². The first-order valence-corrected chi connectivity index (χ1v) is 9.60. The predicted molar refractivity (Wildman–Crippen MR) is 103 cm³/mol. The van der Waals surface area contributed by atoms with Gasteiger partial charge in [0.05, 0.1) is 0 Å². The number of hydrogen-bond donors (Lipinski definition) is 1. The fraction of sp³-hybridized carbons (Fsp3) is 0.400. The van der Waals surface area contributed by atoms with E-state index < -0.39 is 0 Å². The van der Waals surface area contributed by atoms with Crippen molar-refractivity contribution in [1.82, 2.24) is 19.6 Å². The Kier molecular flexibility index (Phi) is 3.99. The number of nitrogens with one attached hydrogen (secondary N) is 1. The maximum atomic E-state index is 12.5. The van der Waals surface area contributed by atoms with E-state index in [4.69, 9.17) is 0 Å². The van der Waals surface area contributed by atoms with Gasteiger partial charge < -0.3 is 10.2 Å². The van der Waals surface area contributed by atoms with Crippen molar-refractivity contribution in [1.29, 1.82) is 0 Å². The summed E-state index contributed by atoms with van der Waals surface area (Å²) in [4.78, 5) is 19.3. The molecule has 0 radical (unpaired) electrons. The SMILES string of the molecule is O=C(Nc1ccccc1)C1CCN(c2nccn3c(C4CC4)nnc23)CC1. The molecule has 1 aromatic carbocycles. The van der Waals surface area contributed by atoms with Crippen LogP contribution in [-0.2, 0) is 4.79 Å². The van der Waals surface area contributed by atoms with Gasteiger partial charge in [0.1, 0.15) is 5.82 Å². The van der Waals surface area contributed by atoms with E-state index >= 15 is 0 Å². The number of amides is 1. The molecule has 3 aromatic rings. The number of para-hydroxylation sites is 1. The summed E-state index contributed by atoms with van der Waals surface area (Å²) in [5.41, 5.74) is 1.68. The van der Waals surface area contributed by atoms with Crippen molar-refractivity contribution in [2.45, 2.75) is 31.6 Å².